The van der Waals surface area contributed by atoms with E-state index >= 15 is 0 Å². The molecule has 0 aliphatic carbocycles. The molecule has 2 heterocycles. The molecule has 0 unspecified atom stereocenters. The van der Waals surface area contributed by atoms with Crippen molar-refractivity contribution in [1.29, 1.82) is 0 Å². The van der Waals surface area contributed by atoms with Crippen molar-refractivity contribution in [2.45, 2.75) is 24.7 Å². The SMILES string of the molecule is O=C(O)C1=C(Br)[C@H]2O[C@@H]1C[C@@H]2O. The Balaban J connectivity index is 2.36. The van der Waals surface area contributed by atoms with Crippen LogP contribution in [0.15, 0.2) is 10.1 Å². The van der Waals surface area contributed by atoms with Crippen molar-refractivity contribution in [1.82, 2.24) is 0 Å². The van der Waals surface area contributed by atoms with Crippen LogP contribution in [0.3, 0.4) is 0 Å². The second-order valence-electron chi connectivity index (χ2n) is 2.92. The van der Waals surface area contributed by atoms with E-state index in [1.807, 2.05) is 0 Å². The smallest absolute Gasteiger partial charge is 0.335 e. The van der Waals surface area contributed by atoms with E-state index in [0.29, 0.717) is 10.9 Å². The van der Waals surface area contributed by atoms with E-state index in [4.69, 9.17) is 9.84 Å². The van der Waals surface area contributed by atoms with Crippen molar-refractivity contribution in [3.05, 3.63) is 10.1 Å². The lowest BCUT2D eigenvalue weighted by Crippen LogP contribution is -2.24. The largest absolute Gasteiger partial charge is 0.478 e. The lowest BCUT2D eigenvalue weighted by atomic mass is 9.97. The molecule has 66 valence electrons. The molecule has 0 aromatic heterocycles. The van der Waals surface area contributed by atoms with Gasteiger partial charge in [0, 0.05) is 10.9 Å². The van der Waals surface area contributed by atoms with Crippen LogP contribution in [-0.2, 0) is 9.53 Å². The average Bonchev–Trinajstić information content (AvgIpc) is 2.42. The molecule has 0 aromatic rings. The fourth-order valence-electron chi connectivity index (χ4n) is 1.63. The second-order valence-corrected chi connectivity index (χ2v) is 3.77. The maximum absolute atomic E-state index is 10.7. The summed E-state index contributed by atoms with van der Waals surface area (Å²) in [4.78, 5) is 10.7. The zero-order valence-corrected chi connectivity index (χ0v) is 7.61. The Morgan fingerprint density at radius 2 is 2.33 bits per heavy atom. The van der Waals surface area contributed by atoms with Crippen LogP contribution in [-0.4, -0.2) is 34.5 Å². The van der Waals surface area contributed by atoms with Crippen molar-refractivity contribution in [2.24, 2.45) is 0 Å². The zero-order valence-electron chi connectivity index (χ0n) is 6.03. The first-order valence-corrected chi connectivity index (χ1v) is 4.37. The summed E-state index contributed by atoms with van der Waals surface area (Å²) in [6.45, 7) is 0. The van der Waals surface area contributed by atoms with Crippen molar-refractivity contribution < 1.29 is 19.7 Å². The molecule has 2 aliphatic heterocycles. The van der Waals surface area contributed by atoms with Gasteiger partial charge in [-0.25, -0.2) is 4.79 Å². The Morgan fingerprint density at radius 3 is 2.75 bits per heavy atom. The Hall–Kier alpha value is -0.390. The van der Waals surface area contributed by atoms with Crippen LogP contribution in [0.1, 0.15) is 6.42 Å². The Labute approximate surface area is 77.0 Å². The Kier molecular flexibility index (Phi) is 1.75. The van der Waals surface area contributed by atoms with Gasteiger partial charge in [0.25, 0.3) is 0 Å². The summed E-state index contributed by atoms with van der Waals surface area (Å²) in [5.74, 6) is -0.971. The van der Waals surface area contributed by atoms with Gasteiger partial charge in [0.2, 0.25) is 0 Å². The number of fused-ring (bicyclic) bond motifs is 2. The van der Waals surface area contributed by atoms with Crippen molar-refractivity contribution in [2.75, 3.05) is 0 Å². The molecule has 0 spiro atoms. The second kappa shape index (κ2) is 2.55. The number of carboxylic acid groups (broad SMARTS) is 1. The van der Waals surface area contributed by atoms with Crippen LogP contribution in [0, 0.1) is 0 Å². The summed E-state index contributed by atoms with van der Waals surface area (Å²) in [7, 11) is 0. The van der Waals surface area contributed by atoms with Gasteiger partial charge >= 0.3 is 5.97 Å². The van der Waals surface area contributed by atoms with Crippen LogP contribution in [0.25, 0.3) is 0 Å². The van der Waals surface area contributed by atoms with Crippen molar-refractivity contribution in [3.8, 4) is 0 Å². The van der Waals surface area contributed by atoms with Gasteiger partial charge in [0.05, 0.1) is 17.8 Å². The van der Waals surface area contributed by atoms with Gasteiger partial charge in [-0.3, -0.25) is 0 Å². The fraction of sp³-hybridized carbons (Fsp3) is 0.571. The monoisotopic (exact) mass is 234 g/mol. The van der Waals surface area contributed by atoms with E-state index in [0.717, 1.165) is 0 Å². The number of rotatable bonds is 1. The van der Waals surface area contributed by atoms with Crippen LogP contribution in [0.5, 0.6) is 0 Å². The van der Waals surface area contributed by atoms with Gasteiger partial charge in [-0.05, 0) is 0 Å². The van der Waals surface area contributed by atoms with Gasteiger partial charge in [0.15, 0.2) is 0 Å². The van der Waals surface area contributed by atoms with Crippen molar-refractivity contribution >= 4 is 21.9 Å². The minimum atomic E-state index is -0.971. The predicted octanol–water partition coefficient (Wildman–Crippen LogP) is 0.252. The molecule has 12 heavy (non-hydrogen) atoms. The summed E-state index contributed by atoms with van der Waals surface area (Å²) >= 11 is 3.12. The molecule has 4 nitrogen and oxygen atoms in total. The topological polar surface area (TPSA) is 66.8 Å². The third-order valence-electron chi connectivity index (χ3n) is 2.18. The minimum absolute atomic E-state index is 0.255. The standard InChI is InChI=1S/C7H7BrO4/c8-5-4(7(10)11)3-1-2(9)6(5)12-3/h2-3,6,9H,1H2,(H,10,11)/t2-,3+,6-/m0/s1. The van der Waals surface area contributed by atoms with E-state index in [2.05, 4.69) is 15.9 Å². The number of hydrogen-bond donors (Lipinski definition) is 2. The lowest BCUT2D eigenvalue weighted by Gasteiger charge is -2.13. The Morgan fingerprint density at radius 1 is 1.67 bits per heavy atom. The summed E-state index contributed by atoms with van der Waals surface area (Å²) in [6, 6.07) is 0. The van der Waals surface area contributed by atoms with E-state index in [9.17, 15) is 9.90 Å². The molecule has 0 aromatic carbocycles. The molecule has 0 radical (unpaired) electrons. The van der Waals surface area contributed by atoms with E-state index in [1.165, 1.54) is 0 Å². The van der Waals surface area contributed by atoms with Gasteiger partial charge in [-0.1, -0.05) is 15.9 Å². The van der Waals surface area contributed by atoms with Crippen LogP contribution in [0.2, 0.25) is 0 Å². The number of carboxylic acids is 1. The molecule has 1 saturated heterocycles. The average molecular weight is 235 g/mol. The minimum Gasteiger partial charge on any atom is -0.478 e. The van der Waals surface area contributed by atoms with E-state index < -0.39 is 24.3 Å². The van der Waals surface area contributed by atoms with Gasteiger partial charge in [-0.15, -0.1) is 0 Å². The van der Waals surface area contributed by atoms with Gasteiger partial charge < -0.3 is 14.9 Å². The molecule has 2 aliphatic rings. The van der Waals surface area contributed by atoms with Crippen LogP contribution >= 0.6 is 15.9 Å². The highest BCUT2D eigenvalue weighted by molar-refractivity contribution is 9.11. The molecule has 1 fully saturated rings. The molecule has 0 amide bonds. The lowest BCUT2D eigenvalue weighted by molar-refractivity contribution is -0.133. The number of ether oxygens (including phenoxy) is 1. The maximum atomic E-state index is 10.7. The van der Waals surface area contributed by atoms with Crippen LogP contribution < -0.4 is 0 Å². The quantitative estimate of drug-likeness (QED) is 0.683. The summed E-state index contributed by atoms with van der Waals surface area (Å²) in [6.07, 6.45) is -1.06. The third kappa shape index (κ3) is 0.935. The molecule has 2 rings (SSSR count). The molecule has 5 heteroatoms. The molecular weight excluding hydrogens is 228 g/mol. The van der Waals surface area contributed by atoms with Gasteiger partial charge in [0.1, 0.15) is 6.10 Å². The highest BCUT2D eigenvalue weighted by Crippen LogP contribution is 2.42. The summed E-state index contributed by atoms with van der Waals surface area (Å²) in [5.41, 5.74) is 0.255. The summed E-state index contributed by atoms with van der Waals surface area (Å²) in [5, 5.41) is 18.0. The van der Waals surface area contributed by atoms with Gasteiger partial charge in [-0.2, -0.15) is 0 Å². The highest BCUT2D eigenvalue weighted by Gasteiger charge is 2.47. The first-order valence-electron chi connectivity index (χ1n) is 3.57. The molecule has 0 saturated carbocycles. The summed E-state index contributed by atoms with van der Waals surface area (Å²) < 4.78 is 5.70. The number of aliphatic hydroxyl groups is 1. The third-order valence-corrected chi connectivity index (χ3v) is 3.05. The normalized spacial score (nSPS) is 39.3. The zero-order chi connectivity index (χ0) is 8.88. The fourth-order valence-corrected chi connectivity index (χ4v) is 2.47. The van der Waals surface area contributed by atoms with Crippen LogP contribution in [0.4, 0.5) is 0 Å². The maximum Gasteiger partial charge on any atom is 0.335 e. The van der Waals surface area contributed by atoms with E-state index in [-0.39, 0.29) is 5.57 Å². The molecule has 2 N–H and O–H groups in total. The molecule has 2 bridgehead atoms. The number of carbonyl (C=O) groups is 1. The van der Waals surface area contributed by atoms with Crippen molar-refractivity contribution in [3.63, 3.8) is 0 Å². The number of halogens is 1. The number of aliphatic hydroxyl groups excluding tert-OH is 1. The highest BCUT2D eigenvalue weighted by atomic mass is 79.9. The number of aliphatic carboxylic acids is 1. The molecule has 3 atom stereocenters. The number of hydrogen-bond acceptors (Lipinski definition) is 3. The first-order chi connectivity index (χ1) is 5.61. The van der Waals surface area contributed by atoms with E-state index in [1.54, 1.807) is 0 Å². The predicted molar refractivity (Wildman–Crippen MR) is 42.9 cm³/mol. The first kappa shape index (κ1) is 8.22. The molecular formula is C7H7BrO4. The Bertz CT molecular complexity index is 273.